The summed E-state index contributed by atoms with van der Waals surface area (Å²) < 4.78 is 0. The van der Waals surface area contributed by atoms with Crippen molar-refractivity contribution < 1.29 is 10.2 Å². The van der Waals surface area contributed by atoms with Gasteiger partial charge in [-0.05, 0) is 25.8 Å². The van der Waals surface area contributed by atoms with Gasteiger partial charge in [0, 0.05) is 17.6 Å². The van der Waals surface area contributed by atoms with E-state index in [1.807, 2.05) is 25.1 Å². The van der Waals surface area contributed by atoms with Gasteiger partial charge in [0.1, 0.15) is 5.75 Å². The maximum atomic E-state index is 10.1. The Balaban J connectivity index is 2.02. The second-order valence-corrected chi connectivity index (χ2v) is 5.26. The monoisotopic (exact) mass is 249 g/mol. The fourth-order valence-electron chi connectivity index (χ4n) is 2.75. The minimum Gasteiger partial charge on any atom is -0.508 e. The molecule has 0 aliphatic heterocycles. The smallest absolute Gasteiger partial charge is 0.120 e. The van der Waals surface area contributed by atoms with Crippen LogP contribution in [0, 0.1) is 0 Å². The summed E-state index contributed by atoms with van der Waals surface area (Å²) in [7, 11) is 0. The van der Waals surface area contributed by atoms with E-state index in [1.54, 1.807) is 6.07 Å². The van der Waals surface area contributed by atoms with Crippen molar-refractivity contribution in [2.45, 2.75) is 57.2 Å². The van der Waals surface area contributed by atoms with Crippen molar-refractivity contribution in [3.8, 4) is 5.75 Å². The minimum atomic E-state index is -0.263. The Bertz CT molecular complexity index is 381. The lowest BCUT2D eigenvalue weighted by Crippen LogP contribution is -2.40. The first-order valence-corrected chi connectivity index (χ1v) is 6.90. The summed E-state index contributed by atoms with van der Waals surface area (Å²) >= 11 is 0. The number of nitrogens with one attached hydrogen (secondary N) is 1. The lowest BCUT2D eigenvalue weighted by Gasteiger charge is -2.26. The maximum absolute atomic E-state index is 10.1. The molecule has 100 valence electrons. The van der Waals surface area contributed by atoms with Crippen LogP contribution in [0.2, 0.25) is 0 Å². The minimum absolute atomic E-state index is 0.0592. The zero-order chi connectivity index (χ0) is 13.0. The van der Waals surface area contributed by atoms with Gasteiger partial charge in [-0.3, -0.25) is 0 Å². The van der Waals surface area contributed by atoms with Crippen LogP contribution in [0.3, 0.4) is 0 Å². The molecule has 0 radical (unpaired) electrons. The summed E-state index contributed by atoms with van der Waals surface area (Å²) in [6, 6.07) is 7.58. The van der Waals surface area contributed by atoms with Gasteiger partial charge < -0.3 is 15.5 Å². The second-order valence-electron chi connectivity index (χ2n) is 5.26. The molecular weight excluding hydrogens is 226 g/mol. The van der Waals surface area contributed by atoms with E-state index in [9.17, 15) is 10.2 Å². The number of phenols is 1. The molecule has 0 heterocycles. The van der Waals surface area contributed by atoms with Crippen molar-refractivity contribution >= 4 is 0 Å². The summed E-state index contributed by atoms with van der Waals surface area (Å²) in [6.07, 6.45) is 5.12. The van der Waals surface area contributed by atoms with E-state index >= 15 is 0 Å². The molecule has 1 saturated carbocycles. The first kappa shape index (κ1) is 13.4. The molecule has 1 aromatic rings. The van der Waals surface area contributed by atoms with Crippen molar-refractivity contribution in [3.05, 3.63) is 29.8 Å². The van der Waals surface area contributed by atoms with E-state index in [1.165, 1.54) is 12.8 Å². The van der Waals surface area contributed by atoms with E-state index in [4.69, 9.17) is 0 Å². The lowest BCUT2D eigenvalue weighted by molar-refractivity contribution is 0.114. The molecule has 0 bridgehead atoms. The van der Waals surface area contributed by atoms with Crippen molar-refractivity contribution in [1.82, 2.24) is 5.32 Å². The maximum Gasteiger partial charge on any atom is 0.120 e. The van der Waals surface area contributed by atoms with Gasteiger partial charge in [-0.1, -0.05) is 37.5 Å². The van der Waals surface area contributed by atoms with Crippen molar-refractivity contribution in [1.29, 1.82) is 0 Å². The summed E-state index contributed by atoms with van der Waals surface area (Å²) in [5, 5.41) is 23.4. The summed E-state index contributed by atoms with van der Waals surface area (Å²) in [6.45, 7) is 2.03. The fourth-order valence-corrected chi connectivity index (χ4v) is 2.75. The van der Waals surface area contributed by atoms with Gasteiger partial charge in [-0.2, -0.15) is 0 Å². The average molecular weight is 249 g/mol. The molecule has 1 aromatic carbocycles. The van der Waals surface area contributed by atoms with Crippen LogP contribution in [0.25, 0.3) is 0 Å². The zero-order valence-corrected chi connectivity index (χ0v) is 11.0. The van der Waals surface area contributed by atoms with Gasteiger partial charge >= 0.3 is 0 Å². The molecule has 3 N–H and O–H groups in total. The molecular formula is C15H23NO2. The number of hydrogen-bond acceptors (Lipinski definition) is 3. The van der Waals surface area contributed by atoms with Crippen LogP contribution in [0.1, 0.15) is 50.6 Å². The van der Waals surface area contributed by atoms with Gasteiger partial charge in [-0.25, -0.2) is 0 Å². The van der Waals surface area contributed by atoms with Gasteiger partial charge in [-0.15, -0.1) is 0 Å². The molecule has 2 rings (SSSR count). The molecule has 3 heteroatoms. The molecule has 3 unspecified atom stereocenters. The first-order valence-electron chi connectivity index (χ1n) is 6.90. The van der Waals surface area contributed by atoms with Gasteiger partial charge in [0.2, 0.25) is 0 Å². The number of aliphatic hydroxyl groups excluding tert-OH is 1. The number of aromatic hydroxyl groups is 1. The molecule has 0 aromatic heterocycles. The normalized spacial score (nSPS) is 26.6. The molecule has 0 saturated heterocycles. The highest BCUT2D eigenvalue weighted by Crippen LogP contribution is 2.26. The summed E-state index contributed by atoms with van der Waals surface area (Å²) in [5.41, 5.74) is 0.897. The Morgan fingerprint density at radius 3 is 2.67 bits per heavy atom. The number of phenolic OH excluding ortho intramolecular Hbond substituents is 1. The molecule has 3 nitrogen and oxygen atoms in total. The van der Waals surface area contributed by atoms with Gasteiger partial charge in [0.25, 0.3) is 0 Å². The molecule has 0 amide bonds. The van der Waals surface area contributed by atoms with Crippen molar-refractivity contribution in [3.63, 3.8) is 0 Å². The topological polar surface area (TPSA) is 52.5 Å². The van der Waals surface area contributed by atoms with E-state index in [-0.39, 0.29) is 18.2 Å². The average Bonchev–Trinajstić information content (AvgIpc) is 2.55. The standard InChI is InChI=1S/C15H23NO2/c1-11(12-7-5-6-9-14(12)17)16-13-8-3-2-4-10-15(13)18/h5-7,9,11,13,15-18H,2-4,8,10H2,1H3. The van der Waals surface area contributed by atoms with Crippen LogP contribution < -0.4 is 5.32 Å². The number of hydrogen-bond donors (Lipinski definition) is 3. The first-order chi connectivity index (χ1) is 8.68. The highest BCUT2D eigenvalue weighted by Gasteiger charge is 2.23. The number of aliphatic hydroxyl groups is 1. The van der Waals surface area contributed by atoms with E-state index in [2.05, 4.69) is 5.32 Å². The SMILES string of the molecule is CC(NC1CCCCCC1O)c1ccccc1O. The molecule has 1 fully saturated rings. The Morgan fingerprint density at radius 2 is 1.89 bits per heavy atom. The molecule has 3 atom stereocenters. The van der Waals surface area contributed by atoms with Gasteiger partial charge in [0.15, 0.2) is 0 Å². The van der Waals surface area contributed by atoms with E-state index < -0.39 is 0 Å². The number of benzene rings is 1. The molecule has 1 aliphatic carbocycles. The third-order valence-electron chi connectivity index (χ3n) is 3.85. The van der Waals surface area contributed by atoms with Crippen molar-refractivity contribution in [2.75, 3.05) is 0 Å². The largest absolute Gasteiger partial charge is 0.508 e. The number of para-hydroxylation sites is 1. The lowest BCUT2D eigenvalue weighted by atomic mass is 10.0. The second kappa shape index (κ2) is 6.21. The Hall–Kier alpha value is -1.06. The molecule has 0 spiro atoms. The number of rotatable bonds is 3. The third kappa shape index (κ3) is 3.24. The molecule has 1 aliphatic rings. The predicted octanol–water partition coefficient (Wildman–Crippen LogP) is 2.74. The summed E-state index contributed by atoms with van der Waals surface area (Å²) in [5.74, 6) is 0.320. The van der Waals surface area contributed by atoms with Crippen LogP contribution in [0.4, 0.5) is 0 Å². The van der Waals surface area contributed by atoms with E-state index in [0.29, 0.717) is 5.75 Å². The molecule has 18 heavy (non-hydrogen) atoms. The Morgan fingerprint density at radius 1 is 1.17 bits per heavy atom. The fraction of sp³-hybridized carbons (Fsp3) is 0.600. The Kier molecular flexibility index (Phi) is 4.61. The quantitative estimate of drug-likeness (QED) is 0.722. The van der Waals surface area contributed by atoms with Gasteiger partial charge in [0.05, 0.1) is 6.10 Å². The summed E-state index contributed by atoms with van der Waals surface area (Å²) in [4.78, 5) is 0. The van der Waals surface area contributed by atoms with Crippen LogP contribution in [-0.4, -0.2) is 22.4 Å². The highest BCUT2D eigenvalue weighted by atomic mass is 16.3. The van der Waals surface area contributed by atoms with E-state index in [0.717, 1.165) is 24.8 Å². The predicted molar refractivity (Wildman–Crippen MR) is 72.5 cm³/mol. The van der Waals surface area contributed by atoms with Crippen molar-refractivity contribution in [2.24, 2.45) is 0 Å². The van der Waals surface area contributed by atoms with Crippen LogP contribution in [-0.2, 0) is 0 Å². The highest BCUT2D eigenvalue weighted by molar-refractivity contribution is 5.34. The van der Waals surface area contributed by atoms with Crippen LogP contribution in [0.15, 0.2) is 24.3 Å². The van der Waals surface area contributed by atoms with Crippen LogP contribution >= 0.6 is 0 Å². The van der Waals surface area contributed by atoms with Crippen LogP contribution in [0.5, 0.6) is 5.75 Å². The zero-order valence-electron chi connectivity index (χ0n) is 11.0. The Labute approximate surface area is 109 Å². The third-order valence-corrected chi connectivity index (χ3v) is 3.85.